The highest BCUT2D eigenvalue weighted by Crippen LogP contribution is 2.04. The summed E-state index contributed by atoms with van der Waals surface area (Å²) in [5.74, 6) is 0. The smallest absolute Gasteiger partial charge is 0.417 e. The van der Waals surface area contributed by atoms with Crippen molar-refractivity contribution in [3.05, 3.63) is 37.2 Å². The van der Waals surface area contributed by atoms with Gasteiger partial charge in [-0.05, 0) is 12.8 Å². The topological polar surface area (TPSA) is 29.5 Å². The lowest BCUT2D eigenvalue weighted by atomic mass is 10.3. The summed E-state index contributed by atoms with van der Waals surface area (Å²) in [7, 11) is 0. The third-order valence-corrected chi connectivity index (χ3v) is 1.56. The molecule has 0 saturated carbocycles. The Balaban J connectivity index is 2.29. The van der Waals surface area contributed by atoms with Crippen molar-refractivity contribution >= 4 is 6.09 Å². The van der Waals surface area contributed by atoms with Gasteiger partial charge in [0.2, 0.25) is 0 Å². The lowest BCUT2D eigenvalue weighted by molar-refractivity contribution is 0.129. The highest BCUT2D eigenvalue weighted by molar-refractivity contribution is 5.70. The van der Waals surface area contributed by atoms with Gasteiger partial charge >= 0.3 is 6.09 Å². The van der Waals surface area contributed by atoms with Gasteiger partial charge in [-0.3, -0.25) is 4.90 Å². The average molecular weight is 179 g/mol. The van der Waals surface area contributed by atoms with E-state index in [9.17, 15) is 4.79 Å². The molecule has 0 unspecified atom stereocenters. The Kier molecular flexibility index (Phi) is 3.82. The van der Waals surface area contributed by atoms with E-state index in [2.05, 4.69) is 6.58 Å². The normalized spacial score (nSPS) is 14.3. The van der Waals surface area contributed by atoms with Crippen LogP contribution in [0.25, 0.3) is 0 Å². The van der Waals surface area contributed by atoms with Crippen molar-refractivity contribution in [1.29, 1.82) is 0 Å². The second-order valence-corrected chi connectivity index (χ2v) is 2.60. The number of carbonyl (C=O) groups excluding carboxylic acids is 1. The van der Waals surface area contributed by atoms with Crippen LogP contribution in [0.5, 0.6) is 0 Å². The van der Waals surface area contributed by atoms with Gasteiger partial charge in [-0.1, -0.05) is 18.2 Å². The molecule has 0 saturated heterocycles. The predicted molar refractivity (Wildman–Crippen MR) is 50.9 cm³/mol. The van der Waals surface area contributed by atoms with E-state index in [4.69, 9.17) is 4.74 Å². The maximum absolute atomic E-state index is 11.2. The Morgan fingerprint density at radius 2 is 2.23 bits per heavy atom. The fourth-order valence-electron chi connectivity index (χ4n) is 0.903. The quantitative estimate of drug-likeness (QED) is 0.492. The Labute approximate surface area is 78.0 Å². The van der Waals surface area contributed by atoms with Crippen molar-refractivity contribution in [3.8, 4) is 0 Å². The van der Waals surface area contributed by atoms with E-state index in [1.165, 1.54) is 4.90 Å². The van der Waals surface area contributed by atoms with Crippen molar-refractivity contribution in [1.82, 2.24) is 4.90 Å². The summed E-state index contributed by atoms with van der Waals surface area (Å²) in [4.78, 5) is 12.7. The molecule has 0 N–H and O–H groups in total. The molecular weight excluding hydrogens is 166 g/mol. The molecule has 1 amide bonds. The van der Waals surface area contributed by atoms with Crippen molar-refractivity contribution in [2.24, 2.45) is 0 Å². The van der Waals surface area contributed by atoms with Crippen LogP contribution in [0.1, 0.15) is 12.8 Å². The van der Waals surface area contributed by atoms with Crippen LogP contribution in [0, 0.1) is 0 Å². The molecule has 13 heavy (non-hydrogen) atoms. The van der Waals surface area contributed by atoms with Gasteiger partial charge in [0.1, 0.15) is 0 Å². The molecule has 0 aromatic rings. The van der Waals surface area contributed by atoms with Gasteiger partial charge in [-0.2, -0.15) is 0 Å². The molecule has 0 aromatic heterocycles. The summed E-state index contributed by atoms with van der Waals surface area (Å²) in [6.45, 7) is 3.93. The van der Waals surface area contributed by atoms with Gasteiger partial charge in [0.05, 0.1) is 6.61 Å². The number of hydrogen-bond donors (Lipinski definition) is 0. The van der Waals surface area contributed by atoms with Crippen LogP contribution in [0.2, 0.25) is 0 Å². The number of allylic oxidation sites excluding steroid dienone is 2. The van der Waals surface area contributed by atoms with E-state index in [0.29, 0.717) is 13.0 Å². The minimum absolute atomic E-state index is 0.339. The van der Waals surface area contributed by atoms with E-state index in [0.717, 1.165) is 6.42 Å². The summed E-state index contributed by atoms with van der Waals surface area (Å²) in [5, 5.41) is 0. The van der Waals surface area contributed by atoms with Gasteiger partial charge < -0.3 is 4.74 Å². The predicted octanol–water partition coefficient (Wildman–Crippen LogP) is 2.43. The van der Waals surface area contributed by atoms with Crippen LogP contribution in [-0.2, 0) is 4.74 Å². The summed E-state index contributed by atoms with van der Waals surface area (Å²) >= 11 is 0. The number of amides is 1. The first-order valence-corrected chi connectivity index (χ1v) is 4.24. The Bertz CT molecular complexity index is 231. The number of hydrogen-bond acceptors (Lipinski definition) is 2. The SMILES string of the molecule is C=CCCOC(=O)N1C=CCC=C1. The van der Waals surface area contributed by atoms with Crippen LogP contribution in [0.4, 0.5) is 4.79 Å². The fraction of sp³-hybridized carbons (Fsp3) is 0.300. The number of carbonyl (C=O) groups is 1. The van der Waals surface area contributed by atoms with Crippen LogP contribution >= 0.6 is 0 Å². The molecule has 3 heteroatoms. The first-order valence-electron chi connectivity index (χ1n) is 4.24. The summed E-state index contributed by atoms with van der Waals surface area (Å²) in [5.41, 5.74) is 0. The van der Waals surface area contributed by atoms with Crippen LogP contribution in [0.15, 0.2) is 37.2 Å². The third kappa shape index (κ3) is 3.15. The summed E-state index contributed by atoms with van der Waals surface area (Å²) in [6.07, 6.45) is 10.1. The van der Waals surface area contributed by atoms with Crippen LogP contribution in [0.3, 0.4) is 0 Å². The molecule has 1 heterocycles. The lowest BCUT2D eigenvalue weighted by Gasteiger charge is -2.15. The van der Waals surface area contributed by atoms with Gasteiger partial charge in [0, 0.05) is 12.4 Å². The molecule has 1 rings (SSSR count). The average Bonchev–Trinajstić information content (AvgIpc) is 2.19. The first kappa shape index (κ1) is 9.58. The second-order valence-electron chi connectivity index (χ2n) is 2.60. The van der Waals surface area contributed by atoms with Crippen LogP contribution in [-0.4, -0.2) is 17.6 Å². The van der Waals surface area contributed by atoms with E-state index < -0.39 is 0 Å². The molecule has 0 aliphatic carbocycles. The maximum Gasteiger partial charge on any atom is 0.417 e. The molecule has 1 aliphatic heterocycles. The molecule has 0 radical (unpaired) electrons. The molecule has 0 atom stereocenters. The Morgan fingerprint density at radius 1 is 1.54 bits per heavy atom. The minimum Gasteiger partial charge on any atom is -0.449 e. The van der Waals surface area contributed by atoms with E-state index in [1.54, 1.807) is 18.5 Å². The standard InChI is InChI=1S/C10H13NO2/c1-2-3-9-13-10(12)11-7-5-4-6-8-11/h2,5-8H,1,3-4,9H2. The highest BCUT2D eigenvalue weighted by Gasteiger charge is 2.09. The first-order chi connectivity index (χ1) is 6.34. The molecular formula is C10H13NO2. The molecule has 70 valence electrons. The Hall–Kier alpha value is -1.51. The molecule has 0 bridgehead atoms. The van der Waals surface area contributed by atoms with E-state index >= 15 is 0 Å². The zero-order valence-corrected chi connectivity index (χ0v) is 7.48. The zero-order chi connectivity index (χ0) is 9.52. The van der Waals surface area contributed by atoms with E-state index in [1.807, 2.05) is 12.2 Å². The van der Waals surface area contributed by atoms with Gasteiger partial charge in [-0.25, -0.2) is 4.79 Å². The van der Waals surface area contributed by atoms with Gasteiger partial charge in [0.25, 0.3) is 0 Å². The number of rotatable bonds is 3. The monoisotopic (exact) mass is 179 g/mol. The number of nitrogens with zero attached hydrogens (tertiary/aromatic N) is 1. The molecule has 0 aromatic carbocycles. The lowest BCUT2D eigenvalue weighted by Crippen LogP contribution is -2.22. The van der Waals surface area contributed by atoms with Crippen molar-refractivity contribution in [2.45, 2.75) is 12.8 Å². The maximum atomic E-state index is 11.2. The van der Waals surface area contributed by atoms with E-state index in [-0.39, 0.29) is 6.09 Å². The molecule has 1 aliphatic rings. The van der Waals surface area contributed by atoms with Crippen molar-refractivity contribution in [3.63, 3.8) is 0 Å². The van der Waals surface area contributed by atoms with Crippen molar-refractivity contribution in [2.75, 3.05) is 6.61 Å². The zero-order valence-electron chi connectivity index (χ0n) is 7.48. The van der Waals surface area contributed by atoms with Crippen LogP contribution < -0.4 is 0 Å². The summed E-state index contributed by atoms with van der Waals surface area (Å²) < 4.78 is 4.94. The fourth-order valence-corrected chi connectivity index (χ4v) is 0.903. The third-order valence-electron chi connectivity index (χ3n) is 1.56. The summed E-state index contributed by atoms with van der Waals surface area (Å²) in [6, 6.07) is 0. The number of ether oxygens (including phenoxy) is 1. The van der Waals surface area contributed by atoms with Crippen molar-refractivity contribution < 1.29 is 9.53 Å². The molecule has 3 nitrogen and oxygen atoms in total. The second kappa shape index (κ2) is 5.19. The van der Waals surface area contributed by atoms with Gasteiger partial charge in [0.15, 0.2) is 0 Å². The van der Waals surface area contributed by atoms with Gasteiger partial charge in [-0.15, -0.1) is 6.58 Å². The molecule has 0 fully saturated rings. The Morgan fingerprint density at radius 3 is 2.85 bits per heavy atom. The minimum atomic E-state index is -0.339. The highest BCUT2D eigenvalue weighted by atomic mass is 16.6. The molecule has 0 spiro atoms. The largest absolute Gasteiger partial charge is 0.449 e.